The zero-order chi connectivity index (χ0) is 23.3. The monoisotopic (exact) mass is 466 g/mol. The highest BCUT2D eigenvalue weighted by Crippen LogP contribution is 2.45. The third kappa shape index (κ3) is 4.21. The highest BCUT2D eigenvalue weighted by atomic mass is 19.4. The summed E-state index contributed by atoms with van der Waals surface area (Å²) in [4.78, 5) is 3.82. The van der Waals surface area contributed by atoms with Crippen LogP contribution in [0.15, 0.2) is 10.5 Å². The summed E-state index contributed by atoms with van der Waals surface area (Å²) in [5.74, 6) is -2.49. The van der Waals surface area contributed by atoms with E-state index in [-0.39, 0.29) is 12.3 Å². The Balaban J connectivity index is 1.84. The molecule has 13 heteroatoms. The average molecular weight is 466 g/mol. The number of aliphatic hydroxyl groups is 1. The second kappa shape index (κ2) is 7.78. The molecule has 0 amide bonds. The molecule has 2 aromatic heterocycles. The molecule has 32 heavy (non-hydrogen) atoms. The topological polar surface area (TPSA) is 107 Å². The normalized spacial score (nSPS) is 25.2. The number of anilines is 1. The molecule has 0 saturated heterocycles. The molecule has 0 radical (unpaired) electrons. The third-order valence-corrected chi connectivity index (χ3v) is 5.71. The first-order valence-electron chi connectivity index (χ1n) is 10.1. The number of nitrogen functional groups attached to an aromatic ring is 1. The van der Waals surface area contributed by atoms with E-state index >= 15 is 0 Å². The van der Waals surface area contributed by atoms with Crippen molar-refractivity contribution in [2.24, 2.45) is 5.92 Å². The van der Waals surface area contributed by atoms with Crippen LogP contribution in [0.4, 0.5) is 32.0 Å². The molecule has 4 bridgehead atoms. The van der Waals surface area contributed by atoms with E-state index in [1.807, 2.05) is 0 Å². The van der Waals surface area contributed by atoms with Crippen LogP contribution in [0.25, 0.3) is 11.6 Å². The van der Waals surface area contributed by atoms with Gasteiger partial charge < -0.3 is 20.0 Å². The molecule has 1 saturated carbocycles. The number of ether oxygens (including phenoxy) is 1. The van der Waals surface area contributed by atoms with Gasteiger partial charge in [0.2, 0.25) is 11.5 Å². The standard InChI is InChI=1S/C19H20F6N4O3/c20-18(21,22)10-8-11(26)13-15-28-29-16(32-15)17(30,19(23,24)25)7-3-1-2-4-12(9-5-6-9)31-14(10)27-13/h8-9,12,30H,1-7,26H2/t12?,17-/m1/s1. The summed E-state index contributed by atoms with van der Waals surface area (Å²) in [5.41, 5.74) is 0.0955. The summed E-state index contributed by atoms with van der Waals surface area (Å²) in [6.07, 6.45) is -8.69. The first-order chi connectivity index (χ1) is 14.9. The molecular weight excluding hydrogens is 446 g/mol. The Bertz CT molecular complexity index is 988. The van der Waals surface area contributed by atoms with E-state index < -0.39 is 65.1 Å². The van der Waals surface area contributed by atoms with Crippen molar-refractivity contribution in [3.8, 4) is 17.5 Å². The van der Waals surface area contributed by atoms with E-state index in [0.29, 0.717) is 25.3 Å². The number of aromatic nitrogens is 3. The molecule has 2 aliphatic rings. The fourth-order valence-corrected chi connectivity index (χ4v) is 3.74. The minimum atomic E-state index is -5.11. The molecule has 176 valence electrons. The van der Waals surface area contributed by atoms with Crippen LogP contribution in [0.1, 0.15) is 56.4 Å². The molecule has 3 heterocycles. The molecule has 1 aliphatic heterocycles. The second-order valence-electron chi connectivity index (χ2n) is 8.14. The number of nitrogens with two attached hydrogens (primary N) is 1. The van der Waals surface area contributed by atoms with Gasteiger partial charge in [-0.3, -0.25) is 0 Å². The van der Waals surface area contributed by atoms with E-state index in [2.05, 4.69) is 15.2 Å². The molecule has 3 N–H and O–H groups in total. The number of pyridine rings is 1. The Hall–Kier alpha value is -2.57. The maximum atomic E-state index is 13.7. The molecule has 0 spiro atoms. The Morgan fingerprint density at radius 2 is 1.75 bits per heavy atom. The lowest BCUT2D eigenvalue weighted by Gasteiger charge is -2.27. The molecule has 4 rings (SSSR count). The van der Waals surface area contributed by atoms with E-state index in [4.69, 9.17) is 14.9 Å². The van der Waals surface area contributed by atoms with Crippen LogP contribution in [0, 0.1) is 5.92 Å². The first kappa shape index (κ1) is 22.6. The largest absolute Gasteiger partial charge is 0.474 e. The van der Waals surface area contributed by atoms with Crippen molar-refractivity contribution in [1.82, 2.24) is 15.2 Å². The number of hydrogen-bond acceptors (Lipinski definition) is 7. The second-order valence-corrected chi connectivity index (χ2v) is 8.14. The maximum Gasteiger partial charge on any atom is 0.426 e. The number of halogens is 6. The van der Waals surface area contributed by atoms with E-state index in [9.17, 15) is 31.4 Å². The smallest absolute Gasteiger partial charge is 0.426 e. The highest BCUT2D eigenvalue weighted by Gasteiger charge is 2.58. The molecule has 1 fully saturated rings. The Kier molecular flexibility index (Phi) is 5.50. The maximum absolute atomic E-state index is 13.7. The van der Waals surface area contributed by atoms with Gasteiger partial charge in [-0.25, -0.2) is 4.98 Å². The van der Waals surface area contributed by atoms with Crippen LogP contribution in [-0.4, -0.2) is 32.6 Å². The lowest BCUT2D eigenvalue weighted by atomic mass is 9.94. The zero-order valence-corrected chi connectivity index (χ0v) is 16.6. The summed E-state index contributed by atoms with van der Waals surface area (Å²) in [6.45, 7) is 0. The van der Waals surface area contributed by atoms with Gasteiger partial charge in [0.25, 0.3) is 11.8 Å². The van der Waals surface area contributed by atoms with Gasteiger partial charge in [-0.15, -0.1) is 10.2 Å². The lowest BCUT2D eigenvalue weighted by Crippen LogP contribution is -2.42. The van der Waals surface area contributed by atoms with Crippen molar-refractivity contribution in [3.63, 3.8) is 0 Å². The predicted molar refractivity (Wildman–Crippen MR) is 97.1 cm³/mol. The van der Waals surface area contributed by atoms with Crippen molar-refractivity contribution >= 4 is 5.69 Å². The summed E-state index contributed by atoms with van der Waals surface area (Å²) in [6, 6.07) is 0.577. The molecule has 2 atom stereocenters. The SMILES string of the molecule is Nc1cc(C(F)(F)F)c2nc1-c1nnc(o1)[C@@](O)(C(F)(F)F)CCCCCC(C1CC1)O2. The van der Waals surface area contributed by atoms with Gasteiger partial charge in [0, 0.05) is 0 Å². The van der Waals surface area contributed by atoms with Crippen LogP contribution in [-0.2, 0) is 11.8 Å². The van der Waals surface area contributed by atoms with Gasteiger partial charge in [-0.1, -0.05) is 6.42 Å². The number of alkyl halides is 6. The molecule has 1 aliphatic carbocycles. The highest BCUT2D eigenvalue weighted by molar-refractivity contribution is 5.68. The van der Waals surface area contributed by atoms with Gasteiger partial charge in [0.1, 0.15) is 11.7 Å². The summed E-state index contributed by atoms with van der Waals surface area (Å²) in [5, 5.41) is 17.1. The fourth-order valence-electron chi connectivity index (χ4n) is 3.74. The Morgan fingerprint density at radius 1 is 1.03 bits per heavy atom. The third-order valence-electron chi connectivity index (χ3n) is 5.71. The van der Waals surface area contributed by atoms with Gasteiger partial charge in [-0.2, -0.15) is 26.3 Å². The lowest BCUT2D eigenvalue weighted by molar-refractivity contribution is -0.277. The summed E-state index contributed by atoms with van der Waals surface area (Å²) >= 11 is 0. The van der Waals surface area contributed by atoms with E-state index in [1.54, 1.807) is 0 Å². The molecule has 0 aromatic carbocycles. The molecule has 1 unspecified atom stereocenters. The predicted octanol–water partition coefficient (Wildman–Crippen LogP) is 4.60. The van der Waals surface area contributed by atoms with Crippen molar-refractivity contribution in [2.75, 3.05) is 5.73 Å². The Morgan fingerprint density at radius 3 is 2.38 bits per heavy atom. The first-order valence-corrected chi connectivity index (χ1v) is 10.1. The summed E-state index contributed by atoms with van der Waals surface area (Å²) < 4.78 is 92.5. The van der Waals surface area contributed by atoms with Gasteiger partial charge in [0.05, 0.1) is 5.69 Å². The average Bonchev–Trinajstić information content (AvgIpc) is 3.41. The van der Waals surface area contributed by atoms with Crippen LogP contribution in [0.2, 0.25) is 0 Å². The molecular formula is C19H20F6N4O3. The van der Waals surface area contributed by atoms with E-state index in [0.717, 1.165) is 12.8 Å². The van der Waals surface area contributed by atoms with Crippen LogP contribution < -0.4 is 10.5 Å². The molecule has 7 nitrogen and oxygen atoms in total. The van der Waals surface area contributed by atoms with Crippen LogP contribution >= 0.6 is 0 Å². The van der Waals surface area contributed by atoms with Gasteiger partial charge in [0.15, 0.2) is 5.69 Å². The van der Waals surface area contributed by atoms with Gasteiger partial charge >= 0.3 is 12.4 Å². The summed E-state index contributed by atoms with van der Waals surface area (Å²) in [7, 11) is 0. The van der Waals surface area contributed by atoms with Gasteiger partial charge in [-0.05, 0) is 50.5 Å². The van der Waals surface area contributed by atoms with Crippen molar-refractivity contribution in [3.05, 3.63) is 17.5 Å². The fraction of sp³-hybridized carbons (Fsp3) is 0.632. The minimum absolute atomic E-state index is 0.0232. The minimum Gasteiger partial charge on any atom is -0.474 e. The van der Waals surface area contributed by atoms with Crippen molar-refractivity contribution < 1.29 is 40.6 Å². The quantitative estimate of drug-likeness (QED) is 0.592. The number of hydrogen-bond donors (Lipinski definition) is 2. The number of nitrogens with zero attached hydrogens (tertiary/aromatic N) is 3. The zero-order valence-electron chi connectivity index (χ0n) is 16.6. The van der Waals surface area contributed by atoms with Crippen LogP contribution in [0.3, 0.4) is 0 Å². The van der Waals surface area contributed by atoms with Crippen molar-refractivity contribution in [2.45, 2.75) is 69.0 Å². The van der Waals surface area contributed by atoms with E-state index in [1.165, 1.54) is 0 Å². The van der Waals surface area contributed by atoms with Crippen molar-refractivity contribution in [1.29, 1.82) is 0 Å². The number of rotatable bonds is 1. The Labute approximate surface area is 178 Å². The number of fused-ring (bicyclic) bond motifs is 5. The molecule has 2 aromatic rings. The van der Waals surface area contributed by atoms with Crippen LogP contribution in [0.5, 0.6) is 5.88 Å².